The van der Waals surface area contributed by atoms with Crippen molar-refractivity contribution in [3.63, 3.8) is 0 Å². The lowest BCUT2D eigenvalue weighted by atomic mass is 10.2. The lowest BCUT2D eigenvalue weighted by molar-refractivity contribution is -0.122. The number of alkyl halides is 2. The van der Waals surface area contributed by atoms with Crippen LogP contribution in [-0.4, -0.2) is 65.1 Å². The van der Waals surface area contributed by atoms with Gasteiger partial charge in [-0.25, -0.2) is 4.98 Å². The molecule has 2 heterocycles. The van der Waals surface area contributed by atoms with Crippen LogP contribution in [0.3, 0.4) is 0 Å². The molecule has 3 aromatic rings. The predicted molar refractivity (Wildman–Crippen MR) is 131 cm³/mol. The zero-order valence-electron chi connectivity index (χ0n) is 19.3. The minimum atomic E-state index is -2.94. The first kappa shape index (κ1) is 27.0. The quantitative estimate of drug-likeness (QED) is 0.248. The molecule has 0 saturated carbocycles. The summed E-state index contributed by atoms with van der Waals surface area (Å²) in [6.07, 6.45) is 4.73. The van der Waals surface area contributed by atoms with Crippen LogP contribution in [0.15, 0.2) is 72.1 Å². The molecule has 12 heteroatoms. The topological polar surface area (TPSA) is 117 Å². The fraction of sp³-hybridized carbons (Fsp3) is 0.250. The molecule has 0 radical (unpaired) electrons. The Hall–Kier alpha value is -3.61. The number of halogens is 2. The summed E-state index contributed by atoms with van der Waals surface area (Å²) in [6, 6.07) is 12.3. The number of aliphatic hydroxyl groups excluding tert-OH is 1. The second-order valence-corrected chi connectivity index (χ2v) is 8.61. The fourth-order valence-electron chi connectivity index (χ4n) is 3.09. The summed E-state index contributed by atoms with van der Waals surface area (Å²) in [5.74, 6) is -0.759. The van der Waals surface area contributed by atoms with Gasteiger partial charge in [0, 0.05) is 30.8 Å². The van der Waals surface area contributed by atoms with E-state index < -0.39 is 17.9 Å². The maximum atomic E-state index is 13.0. The molecule has 3 rings (SSSR count). The third-order valence-electron chi connectivity index (χ3n) is 4.78. The first-order valence-corrected chi connectivity index (χ1v) is 11.7. The van der Waals surface area contributed by atoms with Crippen molar-refractivity contribution in [1.82, 2.24) is 20.2 Å². The highest BCUT2D eigenvalue weighted by molar-refractivity contribution is 7.99. The number of nitrogens with zero attached hydrogens (tertiary/aromatic N) is 3. The summed E-state index contributed by atoms with van der Waals surface area (Å²) in [5, 5.41) is 14.5. The van der Waals surface area contributed by atoms with Crippen LogP contribution in [0.1, 0.15) is 21.3 Å². The van der Waals surface area contributed by atoms with E-state index in [4.69, 9.17) is 5.11 Å². The first-order chi connectivity index (χ1) is 17.4. The van der Waals surface area contributed by atoms with Crippen LogP contribution in [0.2, 0.25) is 0 Å². The van der Waals surface area contributed by atoms with Crippen molar-refractivity contribution in [3.05, 3.63) is 78.2 Å². The number of pyridine rings is 2. The van der Waals surface area contributed by atoms with Gasteiger partial charge in [-0.3, -0.25) is 19.5 Å². The molecule has 0 spiro atoms. The second kappa shape index (κ2) is 13.5. The molecule has 2 aromatic heterocycles. The number of hydrogen-bond acceptors (Lipinski definition) is 8. The van der Waals surface area contributed by atoms with Gasteiger partial charge in [0.2, 0.25) is 5.91 Å². The van der Waals surface area contributed by atoms with E-state index in [2.05, 4.69) is 25.3 Å². The number of aromatic nitrogens is 2. The molecule has 190 valence electrons. The molecule has 2 amide bonds. The first-order valence-electron chi connectivity index (χ1n) is 10.8. The van der Waals surface area contributed by atoms with Crippen molar-refractivity contribution in [2.75, 3.05) is 32.1 Å². The summed E-state index contributed by atoms with van der Waals surface area (Å²) < 4.78 is 29.0. The largest absolute Gasteiger partial charge is 0.435 e. The third-order valence-corrected chi connectivity index (χ3v) is 5.95. The molecule has 0 aliphatic heterocycles. The van der Waals surface area contributed by atoms with Crippen molar-refractivity contribution < 1.29 is 28.2 Å². The van der Waals surface area contributed by atoms with Gasteiger partial charge >= 0.3 is 6.61 Å². The monoisotopic (exact) mass is 517 g/mol. The molecule has 1 atom stereocenters. The molecule has 1 unspecified atom stereocenters. The van der Waals surface area contributed by atoms with E-state index in [9.17, 15) is 18.4 Å². The molecule has 1 aromatic carbocycles. The lowest BCUT2D eigenvalue weighted by Crippen LogP contribution is -2.37. The van der Waals surface area contributed by atoms with Gasteiger partial charge < -0.3 is 20.5 Å². The number of rotatable bonds is 12. The van der Waals surface area contributed by atoms with Crippen molar-refractivity contribution in [3.8, 4) is 5.75 Å². The van der Waals surface area contributed by atoms with Gasteiger partial charge in [0.05, 0.1) is 18.7 Å². The third kappa shape index (κ3) is 8.26. The Labute approximate surface area is 210 Å². The minimum absolute atomic E-state index is 0.0267. The number of anilines is 1. The van der Waals surface area contributed by atoms with E-state index in [1.807, 2.05) is 0 Å². The Morgan fingerprint density at radius 1 is 1.11 bits per heavy atom. The van der Waals surface area contributed by atoms with Gasteiger partial charge in [0.15, 0.2) is 0 Å². The van der Waals surface area contributed by atoms with Crippen LogP contribution in [-0.2, 0) is 4.79 Å². The Morgan fingerprint density at radius 3 is 2.50 bits per heavy atom. The highest BCUT2D eigenvalue weighted by atomic mass is 32.2. The highest BCUT2D eigenvalue weighted by Crippen LogP contribution is 2.34. The van der Waals surface area contributed by atoms with Crippen molar-refractivity contribution >= 4 is 29.3 Å². The van der Waals surface area contributed by atoms with Crippen LogP contribution >= 0.6 is 11.8 Å². The van der Waals surface area contributed by atoms with Gasteiger partial charge in [-0.2, -0.15) is 8.78 Å². The highest BCUT2D eigenvalue weighted by Gasteiger charge is 2.21. The number of ether oxygens (including phenoxy) is 1. The average molecular weight is 518 g/mol. The van der Waals surface area contributed by atoms with Crippen LogP contribution in [0.25, 0.3) is 0 Å². The number of amides is 2. The smallest absolute Gasteiger partial charge is 0.387 e. The van der Waals surface area contributed by atoms with E-state index in [1.54, 1.807) is 48.6 Å². The van der Waals surface area contributed by atoms with Gasteiger partial charge in [-0.05, 0) is 61.1 Å². The number of carbonyl (C=O) groups is 2. The fourth-order valence-corrected chi connectivity index (χ4v) is 4.21. The number of thioether (sulfide) groups is 1. The number of nitrogens with one attached hydrogen (secondary N) is 2. The normalized spacial score (nSPS) is 11.8. The van der Waals surface area contributed by atoms with Gasteiger partial charge in [-0.1, -0.05) is 11.8 Å². The van der Waals surface area contributed by atoms with Crippen LogP contribution < -0.4 is 15.4 Å². The zero-order chi connectivity index (χ0) is 25.9. The molecule has 3 N–H and O–H groups in total. The summed E-state index contributed by atoms with van der Waals surface area (Å²) >= 11 is 1.18. The van der Waals surface area contributed by atoms with Crippen LogP contribution in [0.4, 0.5) is 14.5 Å². The molecule has 0 fully saturated rings. The maximum Gasteiger partial charge on any atom is 0.387 e. The lowest BCUT2D eigenvalue weighted by Gasteiger charge is -2.21. The Morgan fingerprint density at radius 2 is 1.83 bits per heavy atom. The van der Waals surface area contributed by atoms with E-state index >= 15 is 0 Å². The summed E-state index contributed by atoms with van der Waals surface area (Å²) in [5.41, 5.74) is 1.40. The Kier molecular flexibility index (Phi) is 10.1. The molecule has 9 nitrogen and oxygen atoms in total. The number of likely N-dealkylation sites (N-methyl/N-ethyl adjacent to an activating group) is 1. The average Bonchev–Trinajstić information content (AvgIpc) is 2.85. The molecule has 0 saturated heterocycles. The standard InChI is InChI=1S/C24H25F2N5O4S/c1-31(13-14-32)15-20(33)30-22(16-8-11-27-12-9-16)36-23-19(3-2-10-28-23)21(34)29-17-4-6-18(7-5-17)35-24(25)26/h2-12,22,24,32H,13-15H2,1H3,(H,29,34)(H,30,33). The predicted octanol–water partition coefficient (Wildman–Crippen LogP) is 3.16. The van der Waals surface area contributed by atoms with Crippen LogP contribution in [0.5, 0.6) is 5.75 Å². The van der Waals surface area contributed by atoms with Crippen molar-refractivity contribution in [1.29, 1.82) is 0 Å². The number of carbonyl (C=O) groups excluding carboxylic acids is 2. The van der Waals surface area contributed by atoms with Crippen LogP contribution in [0, 0.1) is 0 Å². The Balaban J connectivity index is 1.77. The SMILES string of the molecule is CN(CCO)CC(=O)NC(Sc1ncccc1C(=O)Nc1ccc(OC(F)F)cc1)c1ccncc1. The summed E-state index contributed by atoms with van der Waals surface area (Å²) in [6.45, 7) is -2.59. The second-order valence-electron chi connectivity index (χ2n) is 7.52. The number of aliphatic hydroxyl groups is 1. The van der Waals surface area contributed by atoms with E-state index in [1.165, 1.54) is 42.2 Å². The molecule has 36 heavy (non-hydrogen) atoms. The van der Waals surface area contributed by atoms with Crippen molar-refractivity contribution in [2.45, 2.75) is 17.0 Å². The molecular formula is C24H25F2N5O4S. The maximum absolute atomic E-state index is 13.0. The zero-order valence-corrected chi connectivity index (χ0v) is 20.1. The summed E-state index contributed by atoms with van der Waals surface area (Å²) in [7, 11) is 1.72. The van der Waals surface area contributed by atoms with E-state index in [0.29, 0.717) is 17.3 Å². The van der Waals surface area contributed by atoms with Gasteiger partial charge in [-0.15, -0.1) is 0 Å². The molecule has 0 bridgehead atoms. The Bertz CT molecular complexity index is 1140. The minimum Gasteiger partial charge on any atom is -0.435 e. The van der Waals surface area contributed by atoms with Gasteiger partial charge in [0.25, 0.3) is 5.91 Å². The molecular weight excluding hydrogens is 492 g/mol. The number of benzene rings is 1. The van der Waals surface area contributed by atoms with Crippen molar-refractivity contribution in [2.24, 2.45) is 0 Å². The van der Waals surface area contributed by atoms with E-state index in [0.717, 1.165) is 5.56 Å². The number of hydrogen-bond donors (Lipinski definition) is 3. The van der Waals surface area contributed by atoms with Gasteiger partial charge in [0.1, 0.15) is 16.1 Å². The summed E-state index contributed by atoms with van der Waals surface area (Å²) in [4.78, 5) is 35.7. The molecule has 0 aliphatic carbocycles. The molecule has 0 aliphatic rings. The van der Waals surface area contributed by atoms with E-state index in [-0.39, 0.29) is 30.4 Å².